The molecule has 0 spiro atoms. The van der Waals surface area contributed by atoms with E-state index in [-0.39, 0.29) is 6.61 Å². The van der Waals surface area contributed by atoms with Crippen LogP contribution < -0.4 is 15.9 Å². The quantitative estimate of drug-likeness (QED) is 0.688. The number of benzene rings is 1. The number of primary amides is 1. The summed E-state index contributed by atoms with van der Waals surface area (Å²) in [4.78, 5) is 11.3. The van der Waals surface area contributed by atoms with Crippen LogP contribution in [0.4, 0.5) is 4.79 Å². The minimum Gasteiger partial charge on any atom is -0.488 e. The molecule has 8 heteroatoms. The van der Waals surface area contributed by atoms with Crippen LogP contribution in [-0.4, -0.2) is 36.6 Å². The Kier molecular flexibility index (Phi) is 6.63. The zero-order chi connectivity index (χ0) is 21.3. The number of ether oxygens (including phenoxy) is 2. The monoisotopic (exact) mass is 411 g/mol. The number of hydrogen-bond donors (Lipinski definition) is 1. The van der Waals surface area contributed by atoms with E-state index in [1.54, 1.807) is 19.1 Å². The third-order valence-corrected chi connectivity index (χ3v) is 5.50. The van der Waals surface area contributed by atoms with Crippen molar-refractivity contribution < 1.29 is 23.6 Å². The molecular formula is C20H31BClNO5. The van der Waals surface area contributed by atoms with E-state index in [9.17, 15) is 4.79 Å². The number of halogens is 1. The van der Waals surface area contributed by atoms with Crippen molar-refractivity contribution in [3.63, 3.8) is 0 Å². The van der Waals surface area contributed by atoms with Crippen molar-refractivity contribution in [2.24, 2.45) is 11.7 Å². The molecule has 0 bridgehead atoms. The normalized spacial score (nSPS) is 20.1. The molecule has 0 unspecified atom stereocenters. The van der Waals surface area contributed by atoms with Gasteiger partial charge < -0.3 is 24.5 Å². The average Bonchev–Trinajstić information content (AvgIpc) is 2.72. The van der Waals surface area contributed by atoms with Gasteiger partial charge in [-0.1, -0.05) is 31.5 Å². The first-order chi connectivity index (χ1) is 12.7. The molecule has 0 aliphatic carbocycles. The van der Waals surface area contributed by atoms with Gasteiger partial charge in [-0.05, 0) is 64.6 Å². The van der Waals surface area contributed by atoms with Crippen molar-refractivity contribution in [2.45, 2.75) is 71.7 Å². The van der Waals surface area contributed by atoms with Crippen molar-refractivity contribution in [1.29, 1.82) is 0 Å². The zero-order valence-corrected chi connectivity index (χ0v) is 18.6. The van der Waals surface area contributed by atoms with Crippen LogP contribution in [0.5, 0.6) is 5.75 Å². The van der Waals surface area contributed by atoms with E-state index in [0.717, 1.165) is 5.46 Å². The predicted molar refractivity (Wildman–Crippen MR) is 111 cm³/mol. The molecule has 0 aromatic heterocycles. The minimum absolute atomic E-state index is 0.143. The maximum atomic E-state index is 11.3. The predicted octanol–water partition coefficient (Wildman–Crippen LogP) is 3.92. The smallest absolute Gasteiger partial charge is 0.488 e. The Bertz CT molecular complexity index is 709. The van der Waals surface area contributed by atoms with Crippen LogP contribution in [0.15, 0.2) is 18.2 Å². The van der Waals surface area contributed by atoms with Gasteiger partial charge in [0.05, 0.1) is 16.2 Å². The highest BCUT2D eigenvalue weighted by atomic mass is 35.5. The minimum atomic E-state index is -0.840. The van der Waals surface area contributed by atoms with Gasteiger partial charge in [0.15, 0.2) is 0 Å². The van der Waals surface area contributed by atoms with E-state index in [2.05, 4.69) is 0 Å². The Balaban J connectivity index is 2.11. The van der Waals surface area contributed by atoms with E-state index in [1.165, 1.54) is 0 Å². The summed E-state index contributed by atoms with van der Waals surface area (Å²) in [7, 11) is -0.499. The fraction of sp³-hybridized carbons (Fsp3) is 0.650. The van der Waals surface area contributed by atoms with Crippen molar-refractivity contribution >= 4 is 30.3 Å². The molecule has 2 rings (SSSR count). The summed E-state index contributed by atoms with van der Waals surface area (Å²) in [5.74, 6) is 0.791. The van der Waals surface area contributed by atoms with Gasteiger partial charge in [-0.2, -0.15) is 0 Å². The van der Waals surface area contributed by atoms with Gasteiger partial charge in [-0.3, -0.25) is 0 Å². The highest BCUT2D eigenvalue weighted by molar-refractivity contribution is 6.62. The number of carbonyl (C=O) groups is 1. The van der Waals surface area contributed by atoms with Gasteiger partial charge in [0, 0.05) is 0 Å². The number of rotatable bonds is 7. The van der Waals surface area contributed by atoms with Gasteiger partial charge in [-0.25, -0.2) is 4.79 Å². The summed E-state index contributed by atoms with van der Waals surface area (Å²) in [6, 6.07) is 5.40. The van der Waals surface area contributed by atoms with Crippen molar-refractivity contribution in [1.82, 2.24) is 0 Å². The van der Waals surface area contributed by atoms with Crippen molar-refractivity contribution in [3.8, 4) is 5.75 Å². The summed E-state index contributed by atoms with van der Waals surface area (Å²) in [6.45, 7) is 14.0. The van der Waals surface area contributed by atoms with Gasteiger partial charge in [0.1, 0.15) is 18.0 Å². The first kappa shape index (κ1) is 22.8. The summed E-state index contributed by atoms with van der Waals surface area (Å²) in [5, 5.41) is 0.429. The summed E-state index contributed by atoms with van der Waals surface area (Å²) >= 11 is 6.42. The third-order valence-electron chi connectivity index (χ3n) is 5.20. The lowest BCUT2D eigenvalue weighted by Crippen LogP contribution is -2.41. The molecule has 1 atom stereocenters. The molecule has 6 nitrogen and oxygen atoms in total. The van der Waals surface area contributed by atoms with Crippen LogP contribution in [0, 0.1) is 5.92 Å². The van der Waals surface area contributed by atoms with Crippen LogP contribution in [0.25, 0.3) is 0 Å². The SMILES string of the molecule is CC(C)C[C@@](C)(COc1ccc(B2OC(C)(C)C(C)(C)O2)cc1Cl)OC(N)=O. The Labute approximate surface area is 173 Å². The van der Waals surface area contributed by atoms with E-state index in [1.807, 2.05) is 47.6 Å². The lowest BCUT2D eigenvalue weighted by atomic mass is 9.79. The second kappa shape index (κ2) is 8.13. The largest absolute Gasteiger partial charge is 0.494 e. The Morgan fingerprint density at radius 3 is 2.29 bits per heavy atom. The highest BCUT2D eigenvalue weighted by Crippen LogP contribution is 2.37. The molecule has 1 saturated heterocycles. The lowest BCUT2D eigenvalue weighted by molar-refractivity contribution is -0.0185. The molecule has 1 aromatic rings. The molecule has 1 aliphatic rings. The number of hydrogen-bond acceptors (Lipinski definition) is 5. The van der Waals surface area contributed by atoms with E-state index in [0.29, 0.717) is 23.1 Å². The molecule has 2 N–H and O–H groups in total. The van der Waals surface area contributed by atoms with Crippen molar-refractivity contribution in [2.75, 3.05) is 6.61 Å². The third kappa shape index (κ3) is 5.34. The Morgan fingerprint density at radius 1 is 1.25 bits per heavy atom. The molecule has 156 valence electrons. The molecule has 28 heavy (non-hydrogen) atoms. The second-order valence-corrected chi connectivity index (χ2v) is 9.44. The topological polar surface area (TPSA) is 80.0 Å². The van der Waals surface area contributed by atoms with E-state index in [4.69, 9.17) is 36.1 Å². The van der Waals surface area contributed by atoms with E-state index < -0.39 is 30.0 Å². The lowest BCUT2D eigenvalue weighted by Gasteiger charge is -2.32. The Morgan fingerprint density at radius 2 is 1.82 bits per heavy atom. The maximum Gasteiger partial charge on any atom is 0.494 e. The van der Waals surface area contributed by atoms with Crippen LogP contribution in [0.3, 0.4) is 0 Å². The number of carbonyl (C=O) groups excluding carboxylic acids is 1. The standard InChI is InChI=1S/C20H31BClNO5/c1-13(2)11-20(7,26-17(23)24)12-25-16-9-8-14(10-15(16)22)21-27-18(3,4)19(5,6)28-21/h8-10,13H,11-12H2,1-7H3,(H2,23,24)/t20-/m0/s1. The van der Waals surface area contributed by atoms with Gasteiger partial charge in [-0.15, -0.1) is 0 Å². The molecule has 1 aromatic carbocycles. The fourth-order valence-electron chi connectivity index (χ4n) is 3.23. The fourth-order valence-corrected chi connectivity index (χ4v) is 3.47. The first-order valence-corrected chi connectivity index (χ1v) is 9.89. The average molecular weight is 412 g/mol. The highest BCUT2D eigenvalue weighted by Gasteiger charge is 2.51. The molecule has 1 aliphatic heterocycles. The van der Waals surface area contributed by atoms with Gasteiger partial charge in [0.2, 0.25) is 0 Å². The van der Waals surface area contributed by atoms with Crippen LogP contribution >= 0.6 is 11.6 Å². The van der Waals surface area contributed by atoms with Crippen LogP contribution in [0.1, 0.15) is 54.9 Å². The van der Waals surface area contributed by atoms with Gasteiger partial charge in [0.25, 0.3) is 0 Å². The molecule has 1 amide bonds. The van der Waals surface area contributed by atoms with Crippen LogP contribution in [-0.2, 0) is 14.0 Å². The summed E-state index contributed by atoms with van der Waals surface area (Å²) in [6.07, 6.45) is -0.214. The molecule has 0 radical (unpaired) electrons. The van der Waals surface area contributed by atoms with E-state index >= 15 is 0 Å². The van der Waals surface area contributed by atoms with Gasteiger partial charge >= 0.3 is 13.2 Å². The zero-order valence-electron chi connectivity index (χ0n) is 17.8. The second-order valence-electron chi connectivity index (χ2n) is 9.04. The molecule has 0 saturated carbocycles. The maximum absolute atomic E-state index is 11.3. The molecular weight excluding hydrogens is 380 g/mol. The number of amides is 1. The van der Waals surface area contributed by atoms with Crippen molar-refractivity contribution in [3.05, 3.63) is 23.2 Å². The first-order valence-electron chi connectivity index (χ1n) is 9.51. The summed E-state index contributed by atoms with van der Waals surface area (Å²) in [5.41, 5.74) is 4.34. The Hall–Kier alpha value is -1.44. The number of nitrogens with two attached hydrogens (primary N) is 1. The van der Waals surface area contributed by atoms with Crippen LogP contribution in [0.2, 0.25) is 5.02 Å². The summed E-state index contributed by atoms with van der Waals surface area (Å²) < 4.78 is 23.3. The molecule has 1 fully saturated rings. The molecule has 1 heterocycles.